The fourth-order valence-corrected chi connectivity index (χ4v) is 4.18. The molecule has 1 aliphatic carbocycles. The van der Waals surface area contributed by atoms with Gasteiger partial charge in [-0.2, -0.15) is 13.2 Å². The number of ether oxygens (including phenoxy) is 1. The Hall–Kier alpha value is -3.27. The second-order valence-electron chi connectivity index (χ2n) is 8.01. The molecule has 10 heteroatoms. The van der Waals surface area contributed by atoms with Crippen LogP contribution in [0.1, 0.15) is 46.3 Å². The van der Waals surface area contributed by atoms with Gasteiger partial charge in [0.1, 0.15) is 17.3 Å². The lowest BCUT2D eigenvalue weighted by molar-refractivity contribution is -0.0328. The predicted octanol–water partition coefficient (Wildman–Crippen LogP) is 4.86. The van der Waals surface area contributed by atoms with Crippen molar-refractivity contribution in [2.45, 2.75) is 35.7 Å². The summed E-state index contributed by atoms with van der Waals surface area (Å²) >= 11 is -0.181. The van der Waals surface area contributed by atoms with Crippen LogP contribution in [0.15, 0.2) is 64.3 Å². The fourth-order valence-electron chi connectivity index (χ4n) is 3.64. The highest BCUT2D eigenvalue weighted by atomic mass is 32.2. The molecule has 4 rings (SSSR count). The van der Waals surface area contributed by atoms with E-state index in [1.807, 2.05) is 12.1 Å². The maximum Gasteiger partial charge on any atom is 0.446 e. The van der Waals surface area contributed by atoms with Crippen molar-refractivity contribution >= 4 is 17.7 Å². The Bertz CT molecular complexity index is 1210. The van der Waals surface area contributed by atoms with Crippen LogP contribution in [0.25, 0.3) is 0 Å². The molecule has 1 aromatic heterocycles. The number of alkyl halides is 3. The average molecular weight is 490 g/mol. The molecule has 1 amide bonds. The minimum Gasteiger partial charge on any atom is -0.497 e. The largest absolute Gasteiger partial charge is 0.497 e. The predicted molar refractivity (Wildman–Crippen MR) is 122 cm³/mol. The number of methoxy groups -OCH3 is 1. The molecular formula is C24H22F3N3O3S. The number of carbonyl (C=O) groups is 1. The summed E-state index contributed by atoms with van der Waals surface area (Å²) in [6.07, 6.45) is 2.12. The standard InChI is InChI=1S/C24H22F3N3O3S/c1-33-17-8-2-14(3-9-17)12-20-28-19(13-21(31)29-20)23(32)30-22(15-4-5-15)16-6-10-18(11-7-16)34-24(25,26)27/h2-3,6-11,13,15,22H,4-5,12H2,1H3,(H,30,32)(H,28,29,31). The maximum atomic E-state index is 13.0. The Kier molecular flexibility index (Phi) is 6.97. The molecule has 0 bridgehead atoms. The van der Waals surface area contributed by atoms with Crippen molar-refractivity contribution in [3.05, 3.63) is 87.6 Å². The normalized spacial score (nSPS) is 14.5. The first kappa shape index (κ1) is 23.9. The minimum atomic E-state index is -4.36. The van der Waals surface area contributed by atoms with E-state index in [0.29, 0.717) is 23.6 Å². The van der Waals surface area contributed by atoms with Crippen LogP contribution in [-0.4, -0.2) is 28.5 Å². The number of carbonyl (C=O) groups excluding carboxylic acids is 1. The fraction of sp³-hybridized carbons (Fsp3) is 0.292. The van der Waals surface area contributed by atoms with Gasteiger partial charge in [-0.1, -0.05) is 24.3 Å². The molecule has 3 aromatic rings. The average Bonchev–Trinajstić information content (AvgIpc) is 3.62. The van der Waals surface area contributed by atoms with E-state index in [1.54, 1.807) is 31.4 Å². The number of aromatic nitrogens is 2. The molecular weight excluding hydrogens is 467 g/mol. The monoisotopic (exact) mass is 489 g/mol. The minimum absolute atomic E-state index is 0.0119. The zero-order valence-electron chi connectivity index (χ0n) is 18.2. The molecule has 1 atom stereocenters. The van der Waals surface area contributed by atoms with Crippen molar-refractivity contribution in [3.63, 3.8) is 0 Å². The van der Waals surface area contributed by atoms with Gasteiger partial charge in [-0.15, -0.1) is 0 Å². The summed E-state index contributed by atoms with van der Waals surface area (Å²) in [4.78, 5) is 32.2. The van der Waals surface area contributed by atoms with E-state index in [4.69, 9.17) is 4.74 Å². The van der Waals surface area contributed by atoms with Crippen molar-refractivity contribution in [1.29, 1.82) is 0 Å². The van der Waals surface area contributed by atoms with Gasteiger partial charge >= 0.3 is 5.51 Å². The third-order valence-electron chi connectivity index (χ3n) is 5.41. The Balaban J connectivity index is 1.49. The molecule has 178 valence electrons. The van der Waals surface area contributed by atoms with Crippen LogP contribution in [0.3, 0.4) is 0 Å². The number of aromatic amines is 1. The first-order chi connectivity index (χ1) is 16.2. The summed E-state index contributed by atoms with van der Waals surface area (Å²) in [5.41, 5.74) is -3.22. The number of rotatable bonds is 8. The van der Waals surface area contributed by atoms with Gasteiger partial charge < -0.3 is 15.0 Å². The van der Waals surface area contributed by atoms with Gasteiger partial charge in [-0.05, 0) is 65.9 Å². The Morgan fingerprint density at radius 3 is 2.44 bits per heavy atom. The molecule has 34 heavy (non-hydrogen) atoms. The van der Waals surface area contributed by atoms with Gasteiger partial charge in [0.05, 0.1) is 13.2 Å². The summed E-state index contributed by atoms with van der Waals surface area (Å²) in [5.74, 6) is 0.729. The van der Waals surface area contributed by atoms with Gasteiger partial charge in [0, 0.05) is 17.4 Å². The van der Waals surface area contributed by atoms with Crippen molar-refractivity contribution < 1.29 is 22.7 Å². The smallest absolute Gasteiger partial charge is 0.446 e. The van der Waals surface area contributed by atoms with E-state index in [1.165, 1.54) is 12.1 Å². The third-order valence-corrected chi connectivity index (χ3v) is 6.15. The number of halogens is 3. The van der Waals surface area contributed by atoms with Crippen LogP contribution in [-0.2, 0) is 6.42 Å². The van der Waals surface area contributed by atoms with E-state index < -0.39 is 17.0 Å². The van der Waals surface area contributed by atoms with Gasteiger partial charge in [0.2, 0.25) is 0 Å². The molecule has 2 aromatic carbocycles. The Morgan fingerprint density at radius 1 is 1.18 bits per heavy atom. The number of hydrogen-bond donors (Lipinski definition) is 2. The quantitative estimate of drug-likeness (QED) is 0.442. The van der Waals surface area contributed by atoms with Crippen LogP contribution in [0.4, 0.5) is 13.2 Å². The van der Waals surface area contributed by atoms with Crippen LogP contribution < -0.4 is 15.6 Å². The molecule has 0 saturated heterocycles. The number of benzene rings is 2. The second kappa shape index (κ2) is 9.92. The number of H-pyrrole nitrogens is 1. The Labute approximate surface area is 198 Å². The highest BCUT2D eigenvalue weighted by Crippen LogP contribution is 2.42. The second-order valence-corrected chi connectivity index (χ2v) is 9.15. The molecule has 6 nitrogen and oxygen atoms in total. The molecule has 1 heterocycles. The van der Waals surface area contributed by atoms with E-state index in [2.05, 4.69) is 15.3 Å². The highest BCUT2D eigenvalue weighted by molar-refractivity contribution is 8.00. The molecule has 0 aliphatic heterocycles. The lowest BCUT2D eigenvalue weighted by atomic mass is 10.0. The molecule has 2 N–H and O–H groups in total. The van der Waals surface area contributed by atoms with E-state index in [-0.39, 0.29) is 34.3 Å². The summed E-state index contributed by atoms with van der Waals surface area (Å²) in [5, 5.41) is 2.91. The van der Waals surface area contributed by atoms with Crippen LogP contribution in [0, 0.1) is 5.92 Å². The van der Waals surface area contributed by atoms with Gasteiger partial charge in [-0.3, -0.25) is 9.59 Å². The highest BCUT2D eigenvalue weighted by Gasteiger charge is 2.34. The molecule has 0 spiro atoms. The van der Waals surface area contributed by atoms with Crippen molar-refractivity contribution in [1.82, 2.24) is 15.3 Å². The number of amides is 1. The van der Waals surface area contributed by atoms with Crippen molar-refractivity contribution in [3.8, 4) is 5.75 Å². The summed E-state index contributed by atoms with van der Waals surface area (Å²) < 4.78 is 42.9. The van der Waals surface area contributed by atoms with Gasteiger partial charge in [-0.25, -0.2) is 4.98 Å². The first-order valence-corrected chi connectivity index (χ1v) is 11.4. The van der Waals surface area contributed by atoms with Gasteiger partial charge in [0.25, 0.3) is 11.5 Å². The van der Waals surface area contributed by atoms with Crippen LogP contribution in [0.2, 0.25) is 0 Å². The molecule has 1 unspecified atom stereocenters. The molecule has 1 saturated carbocycles. The number of nitrogens with one attached hydrogen (secondary N) is 2. The van der Waals surface area contributed by atoms with E-state index in [0.717, 1.165) is 24.5 Å². The summed E-state index contributed by atoms with van der Waals surface area (Å²) in [6.45, 7) is 0. The molecule has 1 aliphatic rings. The van der Waals surface area contributed by atoms with E-state index >= 15 is 0 Å². The summed E-state index contributed by atoms with van der Waals surface area (Å²) in [6, 6.07) is 14.0. The maximum absolute atomic E-state index is 13.0. The van der Waals surface area contributed by atoms with Gasteiger partial charge in [0.15, 0.2) is 0 Å². The first-order valence-electron chi connectivity index (χ1n) is 10.6. The molecule has 1 fully saturated rings. The van der Waals surface area contributed by atoms with E-state index in [9.17, 15) is 22.8 Å². The number of thioether (sulfide) groups is 1. The third kappa shape index (κ3) is 6.40. The topological polar surface area (TPSA) is 84.1 Å². The number of nitrogens with zero attached hydrogens (tertiary/aromatic N) is 1. The zero-order valence-corrected chi connectivity index (χ0v) is 19.0. The van der Waals surface area contributed by atoms with Crippen LogP contribution in [0.5, 0.6) is 5.75 Å². The molecule has 0 radical (unpaired) electrons. The van der Waals surface area contributed by atoms with Crippen molar-refractivity contribution in [2.75, 3.05) is 7.11 Å². The SMILES string of the molecule is COc1ccc(Cc2nc(C(=O)NC(c3ccc(SC(F)(F)F)cc3)C3CC3)cc(=O)[nH]2)cc1. The number of hydrogen-bond acceptors (Lipinski definition) is 5. The van der Waals surface area contributed by atoms with Crippen molar-refractivity contribution in [2.24, 2.45) is 5.92 Å². The zero-order chi connectivity index (χ0) is 24.3. The lowest BCUT2D eigenvalue weighted by Crippen LogP contribution is -2.32. The summed E-state index contributed by atoms with van der Waals surface area (Å²) in [7, 11) is 1.57. The van der Waals surface area contributed by atoms with Crippen LogP contribution >= 0.6 is 11.8 Å². The Morgan fingerprint density at radius 2 is 1.85 bits per heavy atom. The lowest BCUT2D eigenvalue weighted by Gasteiger charge is -2.19.